The van der Waals surface area contributed by atoms with Gasteiger partial charge in [0.1, 0.15) is 11.8 Å². The van der Waals surface area contributed by atoms with E-state index in [2.05, 4.69) is 6.07 Å². The topological polar surface area (TPSA) is 73.6 Å². The Kier molecular flexibility index (Phi) is 5.06. The van der Waals surface area contributed by atoms with Crippen molar-refractivity contribution in [3.8, 4) is 22.9 Å². The molecule has 28 heavy (non-hydrogen) atoms. The number of aliphatic hydroxyl groups is 1. The first-order chi connectivity index (χ1) is 13.7. The van der Waals surface area contributed by atoms with Crippen LogP contribution in [0.5, 0.6) is 5.75 Å². The Balaban J connectivity index is 1.73. The van der Waals surface area contributed by atoms with Crippen molar-refractivity contribution in [3.63, 3.8) is 0 Å². The molecule has 4 rings (SSSR count). The molecule has 1 N–H and O–H groups in total. The van der Waals surface area contributed by atoms with Crippen molar-refractivity contribution < 1.29 is 14.6 Å². The van der Waals surface area contributed by atoms with Gasteiger partial charge < -0.3 is 14.7 Å². The van der Waals surface area contributed by atoms with Crippen LogP contribution in [-0.2, 0) is 4.79 Å². The number of aliphatic hydroxyl groups excluding tert-OH is 1. The molecular weight excluding hydrogens is 352 g/mol. The summed E-state index contributed by atoms with van der Waals surface area (Å²) < 4.78 is 5.53. The van der Waals surface area contributed by atoms with Gasteiger partial charge in [0.05, 0.1) is 25.8 Å². The van der Waals surface area contributed by atoms with Crippen LogP contribution in [0.1, 0.15) is 30.7 Å². The van der Waals surface area contributed by atoms with Gasteiger partial charge in [-0.25, -0.2) is 0 Å². The molecule has 144 valence electrons. The average molecular weight is 376 g/mol. The van der Waals surface area contributed by atoms with Crippen molar-refractivity contribution in [1.82, 2.24) is 4.90 Å². The van der Waals surface area contributed by atoms with Gasteiger partial charge in [0.2, 0.25) is 5.91 Å². The summed E-state index contributed by atoms with van der Waals surface area (Å²) in [7, 11) is 1.64. The Bertz CT molecular complexity index is 916. The second-order valence-corrected chi connectivity index (χ2v) is 7.51. The maximum Gasteiger partial charge on any atom is 0.227 e. The quantitative estimate of drug-likeness (QED) is 0.869. The minimum Gasteiger partial charge on any atom is -0.496 e. The number of nitriles is 1. The fourth-order valence-corrected chi connectivity index (χ4v) is 4.45. The molecule has 2 fully saturated rings. The highest BCUT2D eigenvalue weighted by molar-refractivity contribution is 5.83. The number of para-hydroxylation sites is 1. The number of ether oxygens (including phenoxy) is 1. The Labute approximate surface area is 165 Å². The summed E-state index contributed by atoms with van der Waals surface area (Å²) >= 11 is 0. The molecule has 1 aliphatic carbocycles. The Morgan fingerprint density at radius 2 is 1.86 bits per heavy atom. The summed E-state index contributed by atoms with van der Waals surface area (Å²) in [6, 6.07) is 17.1. The zero-order chi connectivity index (χ0) is 19.7. The molecule has 0 radical (unpaired) electrons. The van der Waals surface area contributed by atoms with Gasteiger partial charge in [0.15, 0.2) is 0 Å². The van der Waals surface area contributed by atoms with Gasteiger partial charge in [-0.15, -0.1) is 0 Å². The van der Waals surface area contributed by atoms with E-state index < -0.39 is 6.04 Å². The number of nitrogens with zero attached hydrogens (tertiary/aromatic N) is 2. The van der Waals surface area contributed by atoms with Crippen molar-refractivity contribution in [3.05, 3.63) is 54.1 Å². The van der Waals surface area contributed by atoms with Gasteiger partial charge in [-0.2, -0.15) is 5.26 Å². The lowest BCUT2D eigenvalue weighted by atomic mass is 9.71. The van der Waals surface area contributed by atoms with E-state index in [1.54, 1.807) is 12.0 Å². The van der Waals surface area contributed by atoms with Gasteiger partial charge in [-0.05, 0) is 30.0 Å². The molecule has 1 saturated carbocycles. The van der Waals surface area contributed by atoms with E-state index >= 15 is 0 Å². The first-order valence-corrected chi connectivity index (χ1v) is 9.76. The van der Waals surface area contributed by atoms with Crippen LogP contribution < -0.4 is 4.74 Å². The van der Waals surface area contributed by atoms with Crippen molar-refractivity contribution >= 4 is 5.91 Å². The van der Waals surface area contributed by atoms with Gasteiger partial charge in [0, 0.05) is 17.4 Å². The normalized spacial score (nSPS) is 24.0. The number of amides is 1. The molecule has 1 amide bonds. The summed E-state index contributed by atoms with van der Waals surface area (Å²) in [4.78, 5) is 14.4. The summed E-state index contributed by atoms with van der Waals surface area (Å²) in [5.74, 6) is 0.559. The maximum atomic E-state index is 12.8. The number of benzene rings is 2. The van der Waals surface area contributed by atoms with Gasteiger partial charge in [-0.1, -0.05) is 48.9 Å². The van der Waals surface area contributed by atoms with Crippen LogP contribution in [0.25, 0.3) is 11.1 Å². The highest BCUT2D eigenvalue weighted by atomic mass is 16.5. The number of hydrogen-bond donors (Lipinski definition) is 1. The minimum absolute atomic E-state index is 0.00955. The fourth-order valence-electron chi connectivity index (χ4n) is 4.45. The predicted octanol–water partition coefficient (Wildman–Crippen LogP) is 3.34. The first-order valence-electron chi connectivity index (χ1n) is 9.76. The van der Waals surface area contributed by atoms with Crippen LogP contribution in [0, 0.1) is 17.2 Å². The molecule has 5 nitrogen and oxygen atoms in total. The molecule has 1 heterocycles. The number of hydrogen-bond acceptors (Lipinski definition) is 4. The third kappa shape index (κ3) is 2.85. The number of carbonyl (C=O) groups is 1. The second kappa shape index (κ2) is 7.65. The third-order valence-corrected chi connectivity index (χ3v) is 6.16. The van der Waals surface area contributed by atoms with Crippen LogP contribution in [0.3, 0.4) is 0 Å². The van der Waals surface area contributed by atoms with Crippen molar-refractivity contribution in [1.29, 1.82) is 5.26 Å². The lowest BCUT2D eigenvalue weighted by Crippen LogP contribution is -2.66. The van der Waals surface area contributed by atoms with E-state index in [1.807, 2.05) is 48.5 Å². The van der Waals surface area contributed by atoms with Crippen LogP contribution in [0.2, 0.25) is 0 Å². The molecule has 2 aliphatic rings. The standard InChI is InChI=1S/C23H24N2O3/c1-28-21-12-5-4-10-17(21)16-9-2-3-11-18(16)22-19(13-24)25(20(22)14-26)23(27)15-7-6-8-15/h2-5,9-12,15,19-20,22,26H,6-8,14H2,1H3/t19-,20-,22-/m1/s1. The predicted molar refractivity (Wildman–Crippen MR) is 106 cm³/mol. The summed E-state index contributed by atoms with van der Waals surface area (Å²) in [5.41, 5.74) is 2.88. The second-order valence-electron chi connectivity index (χ2n) is 7.51. The molecule has 0 spiro atoms. The Hall–Kier alpha value is -2.84. The molecule has 0 bridgehead atoms. The van der Waals surface area contributed by atoms with Crippen molar-refractivity contribution in [2.24, 2.45) is 5.92 Å². The number of methoxy groups -OCH3 is 1. The monoisotopic (exact) mass is 376 g/mol. The van der Waals surface area contributed by atoms with Crippen LogP contribution in [0.4, 0.5) is 0 Å². The van der Waals surface area contributed by atoms with Crippen LogP contribution >= 0.6 is 0 Å². The van der Waals surface area contributed by atoms with Crippen molar-refractivity contribution in [2.45, 2.75) is 37.3 Å². The molecular formula is C23H24N2O3. The lowest BCUT2D eigenvalue weighted by molar-refractivity contribution is -0.154. The molecule has 5 heteroatoms. The molecule has 0 aromatic heterocycles. The van der Waals surface area contributed by atoms with Crippen LogP contribution in [-0.4, -0.2) is 41.7 Å². The molecule has 2 aromatic rings. The first kappa shape index (κ1) is 18.5. The SMILES string of the molecule is COc1ccccc1-c1ccccc1[C@@H]1[C@@H](C#N)N(C(=O)C2CCC2)[C@@H]1CO. The largest absolute Gasteiger partial charge is 0.496 e. The van der Waals surface area contributed by atoms with E-state index in [0.29, 0.717) is 0 Å². The summed E-state index contributed by atoms with van der Waals surface area (Å²) in [6.07, 6.45) is 2.83. The number of likely N-dealkylation sites (tertiary alicyclic amines) is 1. The van der Waals surface area contributed by atoms with E-state index in [0.717, 1.165) is 41.7 Å². The van der Waals surface area contributed by atoms with E-state index in [9.17, 15) is 15.2 Å². The van der Waals surface area contributed by atoms with Crippen LogP contribution in [0.15, 0.2) is 48.5 Å². The van der Waals surface area contributed by atoms with E-state index in [-0.39, 0.29) is 30.4 Å². The zero-order valence-corrected chi connectivity index (χ0v) is 15.9. The zero-order valence-electron chi connectivity index (χ0n) is 15.9. The minimum atomic E-state index is -0.555. The fraction of sp³-hybridized carbons (Fsp3) is 0.391. The molecule has 0 unspecified atom stereocenters. The summed E-state index contributed by atoms with van der Waals surface area (Å²) in [6.45, 7) is -0.151. The molecule has 1 saturated heterocycles. The lowest BCUT2D eigenvalue weighted by Gasteiger charge is -2.53. The van der Waals surface area contributed by atoms with Gasteiger partial charge in [-0.3, -0.25) is 4.79 Å². The molecule has 3 atom stereocenters. The highest BCUT2D eigenvalue weighted by Crippen LogP contribution is 2.47. The van der Waals surface area contributed by atoms with E-state index in [1.165, 1.54) is 0 Å². The van der Waals surface area contributed by atoms with Crippen molar-refractivity contribution in [2.75, 3.05) is 13.7 Å². The van der Waals surface area contributed by atoms with Gasteiger partial charge in [0.25, 0.3) is 0 Å². The number of rotatable bonds is 5. The Morgan fingerprint density at radius 1 is 1.18 bits per heavy atom. The molecule has 1 aliphatic heterocycles. The summed E-state index contributed by atoms with van der Waals surface area (Å²) in [5, 5.41) is 19.9. The molecule has 2 aromatic carbocycles. The smallest absolute Gasteiger partial charge is 0.227 e. The van der Waals surface area contributed by atoms with Gasteiger partial charge >= 0.3 is 0 Å². The average Bonchev–Trinajstić information content (AvgIpc) is 2.67. The maximum absolute atomic E-state index is 12.8. The third-order valence-electron chi connectivity index (χ3n) is 6.16. The Morgan fingerprint density at radius 3 is 2.46 bits per heavy atom. The number of carbonyl (C=O) groups excluding carboxylic acids is 1. The van der Waals surface area contributed by atoms with E-state index in [4.69, 9.17) is 4.74 Å². The highest BCUT2D eigenvalue weighted by Gasteiger charge is 2.53.